The van der Waals surface area contributed by atoms with Crippen molar-refractivity contribution in [1.29, 1.82) is 0 Å². The molecule has 174 valence electrons. The van der Waals surface area contributed by atoms with Gasteiger partial charge in [-0.05, 0) is 56.2 Å². The summed E-state index contributed by atoms with van der Waals surface area (Å²) in [7, 11) is 0. The topological polar surface area (TPSA) is 60.9 Å². The summed E-state index contributed by atoms with van der Waals surface area (Å²) in [4.78, 5) is 25.8. The highest BCUT2D eigenvalue weighted by Crippen LogP contribution is 2.39. The summed E-state index contributed by atoms with van der Waals surface area (Å²) < 4.78 is 31.7. The maximum Gasteiger partial charge on any atom is 0.490 e. The van der Waals surface area contributed by atoms with Crippen LogP contribution in [-0.2, 0) is 16.1 Å². The third-order valence-electron chi connectivity index (χ3n) is 6.30. The second-order valence-electron chi connectivity index (χ2n) is 8.69. The van der Waals surface area contributed by atoms with Crippen molar-refractivity contribution in [2.24, 2.45) is 0 Å². The van der Waals surface area contributed by atoms with Gasteiger partial charge < -0.3 is 10.0 Å². The number of carboxylic acid groups (broad SMARTS) is 1. The molecular formula is C23H33F3N2O3. The lowest BCUT2D eigenvalue weighted by Crippen LogP contribution is -2.46. The van der Waals surface area contributed by atoms with E-state index in [1.165, 1.54) is 24.0 Å². The number of carbonyl (C=O) groups excluding carboxylic acids is 1. The van der Waals surface area contributed by atoms with Crippen LogP contribution in [0.15, 0.2) is 24.3 Å². The molecule has 1 N–H and O–H groups in total. The average molecular weight is 443 g/mol. The van der Waals surface area contributed by atoms with Crippen molar-refractivity contribution in [3.8, 4) is 0 Å². The molecule has 0 bridgehead atoms. The van der Waals surface area contributed by atoms with E-state index in [1.54, 1.807) is 0 Å². The number of rotatable bonds is 4. The van der Waals surface area contributed by atoms with E-state index in [1.807, 2.05) is 0 Å². The number of carboxylic acids is 1. The Kier molecular flexibility index (Phi) is 8.51. The van der Waals surface area contributed by atoms with Crippen LogP contribution in [0.2, 0.25) is 0 Å². The van der Waals surface area contributed by atoms with E-state index < -0.39 is 12.1 Å². The Hall–Kier alpha value is -2.09. The first-order chi connectivity index (χ1) is 14.5. The van der Waals surface area contributed by atoms with E-state index in [0.29, 0.717) is 11.8 Å². The standard InChI is InChI=1S/C21H32N2O.C2HF3O2/c1-4-23-20(24)10-12-21(23)11-5-14-22(15-13-21)16-18-6-8-19(9-7-18)17(2)3;3-2(4,5)1(6)7/h6-9,17H,4-5,10-16H2,1-3H3;(H,6,7). The van der Waals surface area contributed by atoms with E-state index in [9.17, 15) is 18.0 Å². The van der Waals surface area contributed by atoms with Crippen molar-refractivity contribution in [3.05, 3.63) is 35.4 Å². The smallest absolute Gasteiger partial charge is 0.475 e. The molecule has 31 heavy (non-hydrogen) atoms. The van der Waals surface area contributed by atoms with Crippen LogP contribution < -0.4 is 0 Å². The zero-order valence-electron chi connectivity index (χ0n) is 18.5. The van der Waals surface area contributed by atoms with Gasteiger partial charge in [-0.15, -0.1) is 0 Å². The van der Waals surface area contributed by atoms with Crippen molar-refractivity contribution in [3.63, 3.8) is 0 Å². The summed E-state index contributed by atoms with van der Waals surface area (Å²) in [6, 6.07) is 9.11. The van der Waals surface area contributed by atoms with Gasteiger partial charge in [-0.1, -0.05) is 38.1 Å². The van der Waals surface area contributed by atoms with Gasteiger partial charge in [-0.3, -0.25) is 9.69 Å². The molecule has 5 nitrogen and oxygen atoms in total. The maximum absolute atomic E-state index is 12.2. The Balaban J connectivity index is 0.000000423. The Morgan fingerprint density at radius 1 is 1.13 bits per heavy atom. The summed E-state index contributed by atoms with van der Waals surface area (Å²) in [5, 5.41) is 7.12. The van der Waals surface area contributed by atoms with E-state index in [2.05, 4.69) is 54.8 Å². The van der Waals surface area contributed by atoms with Crippen LogP contribution in [0.5, 0.6) is 0 Å². The highest BCUT2D eigenvalue weighted by Gasteiger charge is 2.44. The van der Waals surface area contributed by atoms with Crippen LogP contribution in [0.25, 0.3) is 0 Å². The Labute approximate surface area is 182 Å². The molecule has 1 spiro atoms. The molecule has 0 saturated carbocycles. The Morgan fingerprint density at radius 2 is 1.74 bits per heavy atom. The molecule has 1 atom stereocenters. The van der Waals surface area contributed by atoms with Gasteiger partial charge in [0, 0.05) is 31.6 Å². The fraction of sp³-hybridized carbons (Fsp3) is 0.652. The maximum atomic E-state index is 12.2. The second-order valence-corrected chi connectivity index (χ2v) is 8.69. The minimum Gasteiger partial charge on any atom is -0.475 e. The second kappa shape index (κ2) is 10.5. The van der Waals surface area contributed by atoms with Crippen LogP contribution in [0.1, 0.15) is 69.9 Å². The van der Waals surface area contributed by atoms with Gasteiger partial charge in [0.25, 0.3) is 0 Å². The van der Waals surface area contributed by atoms with Gasteiger partial charge in [-0.2, -0.15) is 13.2 Å². The van der Waals surface area contributed by atoms with Crippen molar-refractivity contribution >= 4 is 11.9 Å². The van der Waals surface area contributed by atoms with Crippen LogP contribution in [-0.4, -0.2) is 58.1 Å². The summed E-state index contributed by atoms with van der Waals surface area (Å²) in [6.45, 7) is 10.8. The summed E-state index contributed by atoms with van der Waals surface area (Å²) >= 11 is 0. The number of hydrogen-bond donors (Lipinski definition) is 1. The molecule has 2 fully saturated rings. The van der Waals surface area contributed by atoms with Gasteiger partial charge in [0.2, 0.25) is 5.91 Å². The first-order valence-corrected chi connectivity index (χ1v) is 10.9. The summed E-state index contributed by atoms with van der Waals surface area (Å²) in [5.74, 6) is -1.79. The van der Waals surface area contributed by atoms with Crippen molar-refractivity contribution < 1.29 is 27.9 Å². The van der Waals surface area contributed by atoms with Gasteiger partial charge in [0.05, 0.1) is 0 Å². The number of carbonyl (C=O) groups is 2. The normalized spacial score (nSPS) is 22.4. The molecule has 1 amide bonds. The highest BCUT2D eigenvalue weighted by molar-refractivity contribution is 5.79. The molecule has 1 unspecified atom stereocenters. The van der Waals surface area contributed by atoms with Gasteiger partial charge in [0.1, 0.15) is 0 Å². The Morgan fingerprint density at radius 3 is 2.26 bits per heavy atom. The molecule has 0 radical (unpaired) electrons. The van der Waals surface area contributed by atoms with Crippen molar-refractivity contribution in [2.45, 2.75) is 77.1 Å². The fourth-order valence-corrected chi connectivity index (χ4v) is 4.56. The van der Waals surface area contributed by atoms with E-state index in [4.69, 9.17) is 9.90 Å². The zero-order valence-corrected chi connectivity index (χ0v) is 18.5. The van der Waals surface area contributed by atoms with Crippen LogP contribution in [0, 0.1) is 0 Å². The van der Waals surface area contributed by atoms with Gasteiger partial charge >= 0.3 is 12.1 Å². The molecule has 8 heteroatoms. The minimum atomic E-state index is -5.08. The monoisotopic (exact) mass is 442 g/mol. The van der Waals surface area contributed by atoms with E-state index in [0.717, 1.165) is 45.4 Å². The SMILES string of the molecule is CCN1C(=O)CCC12CCCN(Cc1ccc(C(C)C)cc1)CC2.O=C(O)C(F)(F)F. The third-order valence-corrected chi connectivity index (χ3v) is 6.30. The lowest BCUT2D eigenvalue weighted by molar-refractivity contribution is -0.192. The average Bonchev–Trinajstić information content (AvgIpc) is 2.87. The van der Waals surface area contributed by atoms with Crippen LogP contribution in [0.4, 0.5) is 13.2 Å². The van der Waals surface area contributed by atoms with Gasteiger partial charge in [-0.25, -0.2) is 4.79 Å². The molecule has 0 aromatic heterocycles. The predicted octanol–water partition coefficient (Wildman–Crippen LogP) is 4.81. The number of hydrogen-bond acceptors (Lipinski definition) is 3. The predicted molar refractivity (Wildman–Crippen MR) is 113 cm³/mol. The van der Waals surface area contributed by atoms with Crippen molar-refractivity contribution in [1.82, 2.24) is 9.80 Å². The number of benzene rings is 1. The van der Waals surface area contributed by atoms with Crippen LogP contribution >= 0.6 is 0 Å². The molecule has 2 heterocycles. The molecule has 2 aliphatic rings. The molecule has 0 aliphatic carbocycles. The molecule has 2 aliphatic heterocycles. The molecule has 2 saturated heterocycles. The largest absolute Gasteiger partial charge is 0.490 e. The highest BCUT2D eigenvalue weighted by atomic mass is 19.4. The number of aliphatic carboxylic acids is 1. The first kappa shape index (κ1) is 25.2. The summed E-state index contributed by atoms with van der Waals surface area (Å²) in [5.41, 5.74) is 2.98. The summed E-state index contributed by atoms with van der Waals surface area (Å²) in [6.07, 6.45) is 0.251. The van der Waals surface area contributed by atoms with Crippen LogP contribution in [0.3, 0.4) is 0 Å². The third kappa shape index (κ3) is 6.69. The number of likely N-dealkylation sites (tertiary alicyclic amines) is 2. The number of nitrogens with zero attached hydrogens (tertiary/aromatic N) is 2. The zero-order chi connectivity index (χ0) is 23.2. The minimum absolute atomic E-state index is 0.155. The molecular weight excluding hydrogens is 409 g/mol. The van der Waals surface area contributed by atoms with E-state index in [-0.39, 0.29) is 5.54 Å². The number of halogens is 3. The lowest BCUT2D eigenvalue weighted by atomic mass is 9.88. The molecule has 1 aromatic carbocycles. The van der Waals surface area contributed by atoms with Crippen molar-refractivity contribution in [2.75, 3.05) is 19.6 Å². The fourth-order valence-electron chi connectivity index (χ4n) is 4.56. The Bertz CT molecular complexity index is 749. The first-order valence-electron chi connectivity index (χ1n) is 10.9. The number of amides is 1. The quantitative estimate of drug-likeness (QED) is 0.727. The molecule has 1 aromatic rings. The van der Waals surface area contributed by atoms with Gasteiger partial charge in [0.15, 0.2) is 0 Å². The molecule has 3 rings (SSSR count). The number of alkyl halides is 3. The lowest BCUT2D eigenvalue weighted by Gasteiger charge is -2.37. The van der Waals surface area contributed by atoms with E-state index >= 15 is 0 Å².